The number of aromatic nitrogens is 1. The van der Waals surface area contributed by atoms with E-state index in [0.29, 0.717) is 32.6 Å². The van der Waals surface area contributed by atoms with Crippen LogP contribution in [-0.4, -0.2) is 76.6 Å². The molecule has 8 nitrogen and oxygen atoms in total. The molecule has 1 fully saturated rings. The molecule has 2 N–H and O–H groups in total. The molecular formula is C22H28N4O4S2. The minimum atomic E-state index is -0.432. The zero-order valence-corrected chi connectivity index (χ0v) is 19.9. The van der Waals surface area contributed by atoms with Gasteiger partial charge in [-0.05, 0) is 30.9 Å². The molecular weight excluding hydrogens is 448 g/mol. The molecule has 0 saturated carbocycles. The number of imide groups is 1. The van der Waals surface area contributed by atoms with Crippen LogP contribution in [0.3, 0.4) is 0 Å². The van der Waals surface area contributed by atoms with Crippen molar-refractivity contribution in [1.82, 2.24) is 14.8 Å². The summed E-state index contributed by atoms with van der Waals surface area (Å²) in [6.45, 7) is 5.92. The molecule has 1 aliphatic heterocycles. The standard InChI is InChI=1S/C22H28N4O4S2/c1-3-5-17(29)26(14-27)9-8-18(30)24-10-12-25(13-11-24)20-16(28)7-6-15-19(20)23-22(21(15)31)32-4-2/h3,5-7,14,23,28,31H,4,8-13H2,1-2H3/b5-3-. The number of thioether (sulfide) groups is 1. The lowest BCUT2D eigenvalue weighted by atomic mass is 10.1. The number of carbonyl (C=O) groups is 3. The molecule has 3 rings (SSSR count). The molecule has 1 aromatic carbocycles. The molecule has 2 heterocycles. The minimum Gasteiger partial charge on any atom is -0.506 e. The second-order valence-electron chi connectivity index (χ2n) is 7.35. The smallest absolute Gasteiger partial charge is 0.252 e. The number of H-pyrrole nitrogens is 1. The largest absolute Gasteiger partial charge is 0.506 e. The molecule has 1 aliphatic rings. The van der Waals surface area contributed by atoms with Gasteiger partial charge < -0.3 is 19.9 Å². The predicted molar refractivity (Wildman–Crippen MR) is 130 cm³/mol. The number of carbonyl (C=O) groups excluding carboxylic acids is 3. The number of benzene rings is 1. The molecule has 3 amide bonds. The van der Waals surface area contributed by atoms with Gasteiger partial charge in [-0.15, -0.1) is 24.4 Å². The molecule has 2 aromatic rings. The van der Waals surface area contributed by atoms with Crippen molar-refractivity contribution in [2.75, 3.05) is 43.4 Å². The summed E-state index contributed by atoms with van der Waals surface area (Å²) >= 11 is 6.31. The number of amides is 3. The van der Waals surface area contributed by atoms with Crippen LogP contribution in [0.1, 0.15) is 20.3 Å². The van der Waals surface area contributed by atoms with E-state index in [2.05, 4.69) is 29.4 Å². The van der Waals surface area contributed by atoms with Crippen molar-refractivity contribution >= 4 is 59.2 Å². The Morgan fingerprint density at radius 2 is 2.00 bits per heavy atom. The monoisotopic (exact) mass is 476 g/mol. The van der Waals surface area contributed by atoms with Crippen molar-refractivity contribution in [3.05, 3.63) is 24.3 Å². The number of phenols is 1. The molecule has 1 aromatic heterocycles. The van der Waals surface area contributed by atoms with Gasteiger partial charge >= 0.3 is 0 Å². The number of thiol groups is 1. The number of aromatic hydroxyl groups is 1. The van der Waals surface area contributed by atoms with E-state index in [1.807, 2.05) is 6.07 Å². The number of hydrogen-bond acceptors (Lipinski definition) is 7. The molecule has 0 spiro atoms. The molecule has 10 heteroatoms. The molecule has 1 saturated heterocycles. The topological polar surface area (TPSA) is 97.0 Å². The summed E-state index contributed by atoms with van der Waals surface area (Å²) in [4.78, 5) is 44.6. The summed E-state index contributed by atoms with van der Waals surface area (Å²) in [5.74, 6) is 0.554. The van der Waals surface area contributed by atoms with Crippen LogP contribution in [0, 0.1) is 0 Å². The zero-order valence-electron chi connectivity index (χ0n) is 18.2. The fourth-order valence-corrected chi connectivity index (χ4v) is 4.92. The van der Waals surface area contributed by atoms with Crippen LogP contribution in [0.15, 0.2) is 34.2 Å². The van der Waals surface area contributed by atoms with Gasteiger partial charge in [-0.2, -0.15) is 0 Å². The summed E-state index contributed by atoms with van der Waals surface area (Å²) in [5.41, 5.74) is 1.56. The van der Waals surface area contributed by atoms with E-state index in [-0.39, 0.29) is 24.6 Å². The van der Waals surface area contributed by atoms with Crippen LogP contribution >= 0.6 is 24.4 Å². The summed E-state index contributed by atoms with van der Waals surface area (Å²) in [6.07, 6.45) is 3.39. The summed E-state index contributed by atoms with van der Waals surface area (Å²) in [7, 11) is 0. The fraction of sp³-hybridized carbons (Fsp3) is 0.409. The molecule has 0 radical (unpaired) electrons. The Morgan fingerprint density at radius 3 is 2.62 bits per heavy atom. The lowest BCUT2D eigenvalue weighted by Crippen LogP contribution is -2.49. The Bertz CT molecular complexity index is 1030. The number of piperazine rings is 1. The Balaban J connectivity index is 1.67. The Kier molecular flexibility index (Phi) is 8.14. The number of phenolic OH excluding ortho intramolecular Hbond substituents is 1. The highest BCUT2D eigenvalue weighted by Crippen LogP contribution is 2.41. The van der Waals surface area contributed by atoms with E-state index >= 15 is 0 Å². The number of nitrogens with one attached hydrogen (secondary N) is 1. The second kappa shape index (κ2) is 10.8. The number of allylic oxidation sites excluding steroid dienone is 1. The van der Waals surface area contributed by atoms with Crippen LogP contribution in [-0.2, 0) is 14.4 Å². The molecule has 172 valence electrons. The number of nitrogens with zero attached hydrogens (tertiary/aromatic N) is 3. The van der Waals surface area contributed by atoms with Crippen molar-refractivity contribution < 1.29 is 19.5 Å². The van der Waals surface area contributed by atoms with Crippen molar-refractivity contribution in [2.45, 2.75) is 30.2 Å². The maximum Gasteiger partial charge on any atom is 0.252 e. The highest BCUT2D eigenvalue weighted by Gasteiger charge is 2.26. The first kappa shape index (κ1) is 24.1. The minimum absolute atomic E-state index is 0.0525. The van der Waals surface area contributed by atoms with E-state index in [9.17, 15) is 19.5 Å². The van der Waals surface area contributed by atoms with Crippen molar-refractivity contribution in [2.24, 2.45) is 0 Å². The van der Waals surface area contributed by atoms with Gasteiger partial charge in [0.2, 0.25) is 12.3 Å². The number of aromatic amines is 1. The van der Waals surface area contributed by atoms with Crippen molar-refractivity contribution in [1.29, 1.82) is 0 Å². The van der Waals surface area contributed by atoms with Gasteiger partial charge in [0.1, 0.15) is 11.4 Å². The third-order valence-electron chi connectivity index (χ3n) is 5.39. The Hall–Kier alpha value is -2.59. The van der Waals surface area contributed by atoms with E-state index in [4.69, 9.17) is 0 Å². The zero-order chi connectivity index (χ0) is 23.3. The quantitative estimate of drug-likeness (QED) is 0.235. The number of anilines is 1. The first-order valence-electron chi connectivity index (χ1n) is 10.5. The van der Waals surface area contributed by atoms with Gasteiger partial charge in [0.15, 0.2) is 0 Å². The van der Waals surface area contributed by atoms with Crippen LogP contribution in [0.5, 0.6) is 5.75 Å². The molecule has 0 bridgehead atoms. The van der Waals surface area contributed by atoms with Crippen molar-refractivity contribution in [3.8, 4) is 5.75 Å². The molecule has 0 aliphatic carbocycles. The van der Waals surface area contributed by atoms with E-state index in [0.717, 1.165) is 37.2 Å². The highest BCUT2D eigenvalue weighted by molar-refractivity contribution is 7.99. The van der Waals surface area contributed by atoms with Crippen LogP contribution in [0.25, 0.3) is 10.9 Å². The van der Waals surface area contributed by atoms with Gasteiger partial charge in [0.05, 0.1) is 10.5 Å². The average Bonchev–Trinajstić information content (AvgIpc) is 3.10. The SMILES string of the molecule is C/C=C\C(=O)N(C=O)CCC(=O)N1CCN(c2c(O)ccc3c(S)c(SCC)[nH]c23)CC1. The van der Waals surface area contributed by atoms with Gasteiger partial charge in [0.25, 0.3) is 5.91 Å². The second-order valence-corrected chi connectivity index (χ2v) is 9.07. The average molecular weight is 477 g/mol. The van der Waals surface area contributed by atoms with E-state index < -0.39 is 5.91 Å². The Morgan fingerprint density at radius 1 is 1.28 bits per heavy atom. The van der Waals surface area contributed by atoms with Gasteiger partial charge in [-0.25, -0.2) is 0 Å². The normalized spacial score (nSPS) is 14.3. The number of fused-ring (bicyclic) bond motifs is 1. The predicted octanol–water partition coefficient (Wildman–Crippen LogP) is 2.87. The molecule has 0 atom stereocenters. The number of hydrogen-bond donors (Lipinski definition) is 3. The first-order valence-corrected chi connectivity index (χ1v) is 11.9. The van der Waals surface area contributed by atoms with E-state index in [1.165, 1.54) is 6.08 Å². The van der Waals surface area contributed by atoms with Crippen LogP contribution in [0.2, 0.25) is 0 Å². The van der Waals surface area contributed by atoms with Gasteiger partial charge in [-0.1, -0.05) is 13.0 Å². The highest BCUT2D eigenvalue weighted by atomic mass is 32.2. The van der Waals surface area contributed by atoms with Crippen LogP contribution in [0.4, 0.5) is 5.69 Å². The summed E-state index contributed by atoms with van der Waals surface area (Å²) < 4.78 is 0. The maximum atomic E-state index is 12.6. The third-order valence-corrected chi connectivity index (χ3v) is 6.89. The summed E-state index contributed by atoms with van der Waals surface area (Å²) in [5, 5.41) is 12.5. The maximum absolute atomic E-state index is 12.6. The number of rotatable bonds is 8. The van der Waals surface area contributed by atoms with Gasteiger partial charge in [-0.3, -0.25) is 19.3 Å². The molecule has 32 heavy (non-hydrogen) atoms. The fourth-order valence-electron chi connectivity index (χ4n) is 3.77. The molecule has 0 unspecified atom stereocenters. The lowest BCUT2D eigenvalue weighted by Gasteiger charge is -2.36. The van der Waals surface area contributed by atoms with Crippen LogP contribution < -0.4 is 4.90 Å². The first-order chi connectivity index (χ1) is 15.4. The van der Waals surface area contributed by atoms with Gasteiger partial charge in [0, 0.05) is 49.4 Å². The van der Waals surface area contributed by atoms with E-state index in [1.54, 1.807) is 35.7 Å². The Labute approximate surface area is 197 Å². The third kappa shape index (κ3) is 5.07. The van der Waals surface area contributed by atoms with Crippen molar-refractivity contribution in [3.63, 3.8) is 0 Å². The lowest BCUT2D eigenvalue weighted by molar-refractivity contribution is -0.136. The summed E-state index contributed by atoms with van der Waals surface area (Å²) in [6, 6.07) is 3.54.